The van der Waals surface area contributed by atoms with Crippen LogP contribution in [0.3, 0.4) is 0 Å². The molecule has 3 aromatic heterocycles. The van der Waals surface area contributed by atoms with Gasteiger partial charge in [0.1, 0.15) is 0 Å². The van der Waals surface area contributed by atoms with E-state index in [1.54, 1.807) is 0 Å². The van der Waals surface area contributed by atoms with Gasteiger partial charge in [-0.05, 0) is 24.8 Å². The molecule has 4 aromatic rings. The maximum atomic E-state index is 12.8. The Kier molecular flexibility index (Phi) is 5.87. The van der Waals surface area contributed by atoms with Gasteiger partial charge in [-0.15, -0.1) is 0 Å². The number of hydrogen-bond acceptors (Lipinski definition) is 7. The van der Waals surface area contributed by atoms with Crippen LogP contribution in [0.2, 0.25) is 0 Å². The highest BCUT2D eigenvalue weighted by molar-refractivity contribution is 6.06. The Morgan fingerprint density at radius 2 is 1.89 bits per heavy atom. The Balaban J connectivity index is 1.15. The molecule has 0 spiro atoms. The SMILES string of the molecule is Cn1cc(C(=O)NCC2CCN(c3ncc(-c4noc(C(F)(F)F)n4)cn3)CC2)c2ccccc21. The minimum absolute atomic E-state index is 0.0849. The number of carbonyl (C=O) groups is 1. The summed E-state index contributed by atoms with van der Waals surface area (Å²) < 4.78 is 44.1. The third-order valence-corrected chi connectivity index (χ3v) is 6.16. The lowest BCUT2D eigenvalue weighted by atomic mass is 9.97. The van der Waals surface area contributed by atoms with Gasteiger partial charge in [0.2, 0.25) is 11.8 Å². The van der Waals surface area contributed by atoms with E-state index in [2.05, 4.69) is 29.9 Å². The Hall–Kier alpha value is -3.96. The highest BCUT2D eigenvalue weighted by atomic mass is 19.4. The molecule has 35 heavy (non-hydrogen) atoms. The molecular weight excluding hydrogens is 463 g/mol. The van der Waals surface area contributed by atoms with E-state index >= 15 is 0 Å². The van der Waals surface area contributed by atoms with Crippen LogP contribution in [0.15, 0.2) is 47.4 Å². The summed E-state index contributed by atoms with van der Waals surface area (Å²) in [4.78, 5) is 26.6. The van der Waals surface area contributed by atoms with Gasteiger partial charge in [-0.2, -0.15) is 18.2 Å². The zero-order chi connectivity index (χ0) is 24.6. The number of piperidine rings is 1. The second kappa shape index (κ2) is 9.01. The summed E-state index contributed by atoms with van der Waals surface area (Å²) >= 11 is 0. The fraction of sp³-hybridized carbons (Fsp3) is 0.348. The van der Waals surface area contributed by atoms with E-state index in [1.807, 2.05) is 47.0 Å². The lowest BCUT2D eigenvalue weighted by Crippen LogP contribution is -2.39. The van der Waals surface area contributed by atoms with Crippen molar-refractivity contribution in [2.45, 2.75) is 19.0 Å². The number of para-hydroxylation sites is 1. The molecule has 0 atom stereocenters. The van der Waals surface area contributed by atoms with Crippen molar-refractivity contribution in [1.82, 2.24) is 30.0 Å². The van der Waals surface area contributed by atoms with Gasteiger partial charge >= 0.3 is 12.1 Å². The quantitative estimate of drug-likeness (QED) is 0.460. The maximum Gasteiger partial charge on any atom is 0.471 e. The monoisotopic (exact) mass is 485 g/mol. The normalized spacial score (nSPS) is 15.0. The first-order valence-corrected chi connectivity index (χ1v) is 11.1. The Morgan fingerprint density at radius 1 is 1.17 bits per heavy atom. The number of halogens is 3. The van der Waals surface area contributed by atoms with Gasteiger partial charge < -0.3 is 19.3 Å². The minimum atomic E-state index is -4.70. The van der Waals surface area contributed by atoms with E-state index in [9.17, 15) is 18.0 Å². The standard InChI is InChI=1S/C23H22F3N7O2/c1-32-13-17(16-4-2-3-5-18(16)32)20(34)27-10-14-6-8-33(9-7-14)22-28-11-15(12-29-22)19-30-21(35-31-19)23(24,25)26/h2-5,11-14H,6-10H2,1H3,(H,27,34). The Labute approximate surface area is 198 Å². The van der Waals surface area contributed by atoms with Crippen LogP contribution >= 0.6 is 0 Å². The van der Waals surface area contributed by atoms with Crippen molar-refractivity contribution in [1.29, 1.82) is 0 Å². The third-order valence-electron chi connectivity index (χ3n) is 6.16. The summed E-state index contributed by atoms with van der Waals surface area (Å²) in [7, 11) is 1.92. The molecule has 4 heterocycles. The van der Waals surface area contributed by atoms with Crippen LogP contribution in [0.1, 0.15) is 29.1 Å². The highest BCUT2D eigenvalue weighted by Crippen LogP contribution is 2.29. The number of benzene rings is 1. The van der Waals surface area contributed by atoms with Crippen molar-refractivity contribution >= 4 is 22.8 Å². The van der Waals surface area contributed by atoms with Crippen molar-refractivity contribution in [3.8, 4) is 11.4 Å². The van der Waals surface area contributed by atoms with Crippen LogP contribution in [0.4, 0.5) is 19.1 Å². The van der Waals surface area contributed by atoms with Crippen molar-refractivity contribution in [3.63, 3.8) is 0 Å². The predicted molar refractivity (Wildman–Crippen MR) is 121 cm³/mol. The summed E-state index contributed by atoms with van der Waals surface area (Å²) in [5.41, 5.74) is 1.91. The van der Waals surface area contributed by atoms with Crippen LogP contribution in [0.25, 0.3) is 22.3 Å². The third kappa shape index (κ3) is 4.68. The van der Waals surface area contributed by atoms with Crippen molar-refractivity contribution in [3.05, 3.63) is 54.3 Å². The van der Waals surface area contributed by atoms with E-state index in [1.165, 1.54) is 12.4 Å². The molecule has 0 bridgehead atoms. The van der Waals surface area contributed by atoms with Crippen molar-refractivity contribution < 1.29 is 22.5 Å². The van der Waals surface area contributed by atoms with Crippen LogP contribution < -0.4 is 10.2 Å². The molecule has 1 aliphatic rings. The molecule has 1 fully saturated rings. The first-order chi connectivity index (χ1) is 16.8. The molecule has 0 unspecified atom stereocenters. The first kappa shape index (κ1) is 22.8. The molecular formula is C23H22F3N7O2. The number of aromatic nitrogens is 5. The predicted octanol–water partition coefficient (Wildman–Crippen LogP) is 3.68. The second-order valence-electron chi connectivity index (χ2n) is 8.50. The summed E-state index contributed by atoms with van der Waals surface area (Å²) in [5.74, 6) is -0.912. The zero-order valence-electron chi connectivity index (χ0n) is 18.8. The average Bonchev–Trinajstić information content (AvgIpc) is 3.49. The largest absolute Gasteiger partial charge is 0.471 e. The number of nitrogens with zero attached hydrogens (tertiary/aromatic N) is 6. The molecule has 0 radical (unpaired) electrons. The van der Waals surface area contributed by atoms with Crippen molar-refractivity contribution in [2.75, 3.05) is 24.5 Å². The Bertz CT molecular complexity index is 1340. The summed E-state index contributed by atoms with van der Waals surface area (Å²) in [6.07, 6.45) is 1.60. The molecule has 0 saturated carbocycles. The number of alkyl halides is 3. The van der Waals surface area contributed by atoms with Crippen LogP contribution in [-0.2, 0) is 13.2 Å². The van der Waals surface area contributed by atoms with E-state index in [4.69, 9.17) is 0 Å². The number of aryl methyl sites for hydroxylation is 1. The van der Waals surface area contributed by atoms with Gasteiger partial charge in [0.15, 0.2) is 0 Å². The number of fused-ring (bicyclic) bond motifs is 1. The molecule has 12 heteroatoms. The summed E-state index contributed by atoms with van der Waals surface area (Å²) in [6.45, 7) is 1.98. The molecule has 5 rings (SSSR count). The van der Waals surface area contributed by atoms with Crippen molar-refractivity contribution in [2.24, 2.45) is 13.0 Å². The van der Waals surface area contributed by atoms with E-state index in [-0.39, 0.29) is 17.3 Å². The minimum Gasteiger partial charge on any atom is -0.352 e. The fourth-order valence-corrected chi connectivity index (χ4v) is 4.25. The molecule has 1 aromatic carbocycles. The van der Waals surface area contributed by atoms with Gasteiger partial charge in [-0.1, -0.05) is 23.4 Å². The topological polar surface area (TPSA) is 102 Å². The van der Waals surface area contributed by atoms with Crippen LogP contribution in [0.5, 0.6) is 0 Å². The Morgan fingerprint density at radius 3 is 2.57 bits per heavy atom. The fourth-order valence-electron chi connectivity index (χ4n) is 4.25. The lowest BCUT2D eigenvalue weighted by Gasteiger charge is -2.32. The second-order valence-corrected chi connectivity index (χ2v) is 8.50. The van der Waals surface area contributed by atoms with E-state index < -0.39 is 12.1 Å². The van der Waals surface area contributed by atoms with Gasteiger partial charge in [-0.25, -0.2) is 9.97 Å². The molecule has 9 nitrogen and oxygen atoms in total. The number of amides is 1. The van der Waals surface area contributed by atoms with Gasteiger partial charge in [0.25, 0.3) is 5.91 Å². The van der Waals surface area contributed by atoms with E-state index in [0.29, 0.717) is 37.1 Å². The molecule has 182 valence electrons. The summed E-state index contributed by atoms with van der Waals surface area (Å²) in [6, 6.07) is 7.80. The first-order valence-electron chi connectivity index (χ1n) is 11.1. The zero-order valence-corrected chi connectivity index (χ0v) is 18.8. The van der Waals surface area contributed by atoms with Gasteiger partial charge in [0.05, 0.1) is 11.1 Å². The number of rotatable bonds is 5. The van der Waals surface area contributed by atoms with E-state index in [0.717, 1.165) is 23.7 Å². The maximum absolute atomic E-state index is 12.8. The highest BCUT2D eigenvalue weighted by Gasteiger charge is 2.38. The lowest BCUT2D eigenvalue weighted by molar-refractivity contribution is -0.159. The smallest absolute Gasteiger partial charge is 0.352 e. The number of carbonyl (C=O) groups excluding carboxylic acids is 1. The van der Waals surface area contributed by atoms with Crippen LogP contribution in [0, 0.1) is 5.92 Å². The molecule has 0 aliphatic carbocycles. The molecule has 1 saturated heterocycles. The van der Waals surface area contributed by atoms with Gasteiger partial charge in [-0.3, -0.25) is 4.79 Å². The average molecular weight is 485 g/mol. The van der Waals surface area contributed by atoms with Crippen LogP contribution in [-0.4, -0.2) is 50.2 Å². The number of hydrogen-bond donors (Lipinski definition) is 1. The number of anilines is 1. The summed E-state index contributed by atoms with van der Waals surface area (Å²) in [5, 5.41) is 7.34. The number of nitrogens with one attached hydrogen (secondary N) is 1. The molecule has 1 N–H and O–H groups in total. The van der Waals surface area contributed by atoms with Gasteiger partial charge in [0, 0.05) is 56.2 Å². The molecule has 1 aliphatic heterocycles. The molecule has 1 amide bonds.